The normalized spacial score (nSPS) is 28.7. The second kappa shape index (κ2) is 8.04. The molecule has 114 valence electrons. The third-order valence-electron chi connectivity index (χ3n) is 3.07. The van der Waals surface area contributed by atoms with Crippen molar-refractivity contribution in [1.82, 2.24) is 0 Å². The number of rotatable bonds is 4. The highest BCUT2D eigenvalue weighted by Gasteiger charge is 2.38. The van der Waals surface area contributed by atoms with Crippen LogP contribution in [-0.2, 0) is 16.1 Å². The van der Waals surface area contributed by atoms with Gasteiger partial charge in [0.1, 0.15) is 18.3 Å². The molecular formula is C13H18MgO7. The van der Waals surface area contributed by atoms with Crippen LogP contribution in [0.3, 0.4) is 0 Å². The summed E-state index contributed by atoms with van der Waals surface area (Å²) in [5, 5.41) is 37.2. The van der Waals surface area contributed by atoms with Gasteiger partial charge in [0.15, 0.2) is 6.29 Å². The Morgan fingerprint density at radius 3 is 2.38 bits per heavy atom. The third kappa shape index (κ3) is 4.61. The van der Waals surface area contributed by atoms with E-state index in [-0.39, 0.29) is 41.8 Å². The lowest BCUT2D eigenvalue weighted by Crippen LogP contribution is -2.53. The minimum Gasteiger partial charge on any atom is -0.478 e. The molecule has 0 aromatic heterocycles. The van der Waals surface area contributed by atoms with Crippen molar-refractivity contribution in [3.05, 3.63) is 35.4 Å². The summed E-state index contributed by atoms with van der Waals surface area (Å²) in [6, 6.07) is 6.06. The monoisotopic (exact) mass is 310 g/mol. The molecule has 8 heteroatoms. The van der Waals surface area contributed by atoms with Gasteiger partial charge in [-0.1, -0.05) is 12.1 Å². The molecule has 1 aliphatic heterocycles. The summed E-state index contributed by atoms with van der Waals surface area (Å²) in [6.07, 6.45) is -4.83. The van der Waals surface area contributed by atoms with Crippen molar-refractivity contribution in [2.24, 2.45) is 0 Å². The fraction of sp³-hybridized carbons (Fsp3) is 0.462. The lowest BCUT2D eigenvalue weighted by Gasteiger charge is -2.34. The molecule has 0 spiro atoms. The molecule has 0 unspecified atom stereocenters. The summed E-state index contributed by atoms with van der Waals surface area (Å²) in [6.45, 7) is -0.0364. The first-order valence-corrected chi connectivity index (χ1v) is 6.08. The lowest BCUT2D eigenvalue weighted by atomic mass is 10.1. The van der Waals surface area contributed by atoms with Gasteiger partial charge in [0.2, 0.25) is 0 Å². The van der Waals surface area contributed by atoms with Crippen molar-refractivity contribution in [1.29, 1.82) is 0 Å². The highest BCUT2D eigenvalue weighted by Crippen LogP contribution is 2.18. The molecule has 0 saturated carbocycles. The van der Waals surface area contributed by atoms with Crippen LogP contribution in [-0.4, -0.2) is 80.7 Å². The van der Waals surface area contributed by atoms with E-state index in [2.05, 4.69) is 0 Å². The van der Waals surface area contributed by atoms with Gasteiger partial charge in [0.05, 0.1) is 18.8 Å². The summed E-state index contributed by atoms with van der Waals surface area (Å²) in [5.74, 6) is -1.01. The average molecular weight is 311 g/mol. The zero-order valence-corrected chi connectivity index (χ0v) is 10.5. The Morgan fingerprint density at radius 2 is 1.81 bits per heavy atom. The summed E-state index contributed by atoms with van der Waals surface area (Å²) in [5.41, 5.74) is 0.868. The first-order valence-electron chi connectivity index (χ1n) is 6.08. The number of aromatic carboxylic acids is 1. The summed E-state index contributed by atoms with van der Waals surface area (Å²) >= 11 is 0. The number of aliphatic hydroxyl groups excluding tert-OH is 3. The van der Waals surface area contributed by atoms with Gasteiger partial charge in [-0.05, 0) is 17.7 Å². The van der Waals surface area contributed by atoms with E-state index in [1.807, 2.05) is 0 Å². The van der Waals surface area contributed by atoms with E-state index >= 15 is 0 Å². The minimum absolute atomic E-state index is 0. The summed E-state index contributed by atoms with van der Waals surface area (Å²) < 4.78 is 10.4. The largest absolute Gasteiger partial charge is 0.478 e. The maximum atomic E-state index is 10.7. The van der Waals surface area contributed by atoms with Crippen molar-refractivity contribution in [3.63, 3.8) is 0 Å². The fourth-order valence-electron chi connectivity index (χ4n) is 1.85. The van der Waals surface area contributed by atoms with Crippen molar-refractivity contribution >= 4 is 29.0 Å². The van der Waals surface area contributed by atoms with Gasteiger partial charge < -0.3 is 29.9 Å². The summed E-state index contributed by atoms with van der Waals surface area (Å²) in [4.78, 5) is 10.7. The first-order chi connectivity index (χ1) is 9.49. The number of aliphatic hydroxyl groups is 3. The molecule has 7 nitrogen and oxygen atoms in total. The van der Waals surface area contributed by atoms with E-state index in [9.17, 15) is 20.1 Å². The van der Waals surface area contributed by atoms with E-state index in [1.54, 1.807) is 12.1 Å². The predicted molar refractivity (Wildman–Crippen MR) is 74.5 cm³/mol. The van der Waals surface area contributed by atoms with Crippen LogP contribution in [0.4, 0.5) is 0 Å². The van der Waals surface area contributed by atoms with Gasteiger partial charge in [-0.3, -0.25) is 0 Å². The lowest BCUT2D eigenvalue weighted by molar-refractivity contribution is -0.273. The van der Waals surface area contributed by atoms with Crippen LogP contribution >= 0.6 is 0 Å². The molecule has 0 aliphatic carbocycles. The number of hydrogen-bond acceptors (Lipinski definition) is 6. The molecule has 1 fully saturated rings. The van der Waals surface area contributed by atoms with Crippen molar-refractivity contribution in [3.8, 4) is 0 Å². The zero-order valence-electron chi connectivity index (χ0n) is 10.5. The van der Waals surface area contributed by atoms with Crippen molar-refractivity contribution in [2.75, 3.05) is 6.61 Å². The van der Waals surface area contributed by atoms with E-state index in [1.165, 1.54) is 12.1 Å². The number of benzene rings is 1. The molecule has 1 saturated heterocycles. The van der Waals surface area contributed by atoms with Gasteiger partial charge in [0.25, 0.3) is 0 Å². The van der Waals surface area contributed by atoms with E-state index in [4.69, 9.17) is 14.6 Å². The second-order valence-corrected chi connectivity index (χ2v) is 4.56. The van der Waals surface area contributed by atoms with Crippen LogP contribution in [0.2, 0.25) is 0 Å². The quantitative estimate of drug-likeness (QED) is 0.496. The molecule has 2 rings (SSSR count). The van der Waals surface area contributed by atoms with Crippen LogP contribution in [0.25, 0.3) is 0 Å². The number of carbonyl (C=O) groups is 1. The van der Waals surface area contributed by atoms with E-state index in [0.29, 0.717) is 5.56 Å². The smallest absolute Gasteiger partial charge is 0.335 e. The molecule has 0 amide bonds. The molecule has 1 aliphatic rings. The van der Waals surface area contributed by atoms with E-state index in [0.717, 1.165) is 0 Å². The first kappa shape index (κ1) is 18.3. The fourth-order valence-corrected chi connectivity index (χ4v) is 1.85. The van der Waals surface area contributed by atoms with Gasteiger partial charge >= 0.3 is 29.0 Å². The number of ether oxygens (including phenoxy) is 2. The Kier molecular flexibility index (Phi) is 7.01. The molecule has 0 radical (unpaired) electrons. The van der Waals surface area contributed by atoms with Gasteiger partial charge in [-0.25, -0.2) is 4.79 Å². The Morgan fingerprint density at radius 1 is 1.19 bits per heavy atom. The molecular weight excluding hydrogens is 292 g/mol. The van der Waals surface area contributed by atoms with Gasteiger partial charge in [-0.2, -0.15) is 0 Å². The van der Waals surface area contributed by atoms with Crippen LogP contribution in [0.1, 0.15) is 15.9 Å². The maximum Gasteiger partial charge on any atom is 0.335 e. The Hall–Kier alpha value is -0.744. The highest BCUT2D eigenvalue weighted by molar-refractivity contribution is 5.87. The number of carboxylic acids is 1. The SMILES string of the molecule is O=C(O)c1ccc(CO[C@H]2OC[C@@H](O)[C@H](O)[C@H]2O)cc1.[MgH2]. The molecule has 4 atom stereocenters. The van der Waals surface area contributed by atoms with Crippen LogP contribution < -0.4 is 0 Å². The van der Waals surface area contributed by atoms with Crippen molar-refractivity contribution in [2.45, 2.75) is 31.2 Å². The topological polar surface area (TPSA) is 116 Å². The Bertz CT molecular complexity index is 464. The Balaban J connectivity index is 0.00000220. The van der Waals surface area contributed by atoms with Gasteiger partial charge in [-0.15, -0.1) is 0 Å². The Labute approximate surface area is 137 Å². The summed E-state index contributed by atoms with van der Waals surface area (Å²) in [7, 11) is 0. The second-order valence-electron chi connectivity index (χ2n) is 4.56. The molecule has 1 aromatic carbocycles. The number of hydrogen-bond donors (Lipinski definition) is 4. The average Bonchev–Trinajstić information content (AvgIpc) is 2.44. The van der Waals surface area contributed by atoms with Crippen LogP contribution in [0.5, 0.6) is 0 Å². The number of carboxylic acid groups (broad SMARTS) is 1. The molecule has 21 heavy (non-hydrogen) atoms. The maximum absolute atomic E-state index is 10.7. The van der Waals surface area contributed by atoms with Crippen molar-refractivity contribution < 1.29 is 34.7 Å². The van der Waals surface area contributed by atoms with Gasteiger partial charge in [0, 0.05) is 0 Å². The molecule has 4 N–H and O–H groups in total. The minimum atomic E-state index is -1.34. The molecule has 1 aromatic rings. The molecule has 0 bridgehead atoms. The third-order valence-corrected chi connectivity index (χ3v) is 3.07. The zero-order chi connectivity index (χ0) is 14.7. The highest BCUT2D eigenvalue weighted by atomic mass is 24.3. The standard InChI is InChI=1S/C13H16O7.Mg.2H/c14-9-6-20-13(11(16)10(9)15)19-5-7-1-3-8(4-2-7)12(17)18;;;/h1-4,9-11,13-16H,5-6H2,(H,17,18);;;/t9-,10+,11-,13+;;;/m1.../s1. The van der Waals surface area contributed by atoms with Crippen LogP contribution in [0, 0.1) is 0 Å². The predicted octanol–water partition coefficient (Wildman–Crippen LogP) is -1.58. The molecule has 1 heterocycles. The van der Waals surface area contributed by atoms with Crippen LogP contribution in [0.15, 0.2) is 24.3 Å². The van der Waals surface area contributed by atoms with E-state index < -0.39 is 30.6 Å².